The number of nitrogens with one attached hydrogen (secondary N) is 1. The average molecular weight is 304 g/mol. The van der Waals surface area contributed by atoms with Crippen molar-refractivity contribution in [3.63, 3.8) is 0 Å². The predicted molar refractivity (Wildman–Crippen MR) is 87.8 cm³/mol. The molecule has 1 N–H and O–H groups in total. The van der Waals surface area contributed by atoms with Gasteiger partial charge < -0.3 is 9.73 Å². The van der Waals surface area contributed by atoms with E-state index in [1.54, 1.807) is 24.6 Å². The van der Waals surface area contributed by atoms with Crippen molar-refractivity contribution in [2.24, 2.45) is 0 Å². The molecule has 0 saturated carbocycles. The molecule has 0 aliphatic rings. The van der Waals surface area contributed by atoms with E-state index in [1.165, 1.54) is 5.56 Å². The molecule has 0 aliphatic carbocycles. The summed E-state index contributed by atoms with van der Waals surface area (Å²) in [7, 11) is 0. The molecule has 0 unspecified atom stereocenters. The van der Waals surface area contributed by atoms with Crippen LogP contribution in [0.4, 0.5) is 5.82 Å². The highest BCUT2D eigenvalue weighted by atomic mass is 16.3. The summed E-state index contributed by atoms with van der Waals surface area (Å²) < 4.78 is 5.53. The second kappa shape index (κ2) is 6.75. The molecule has 2 heterocycles. The summed E-state index contributed by atoms with van der Waals surface area (Å²) in [4.78, 5) is 8.66. The largest absolute Gasteiger partial charge is 0.444 e. The van der Waals surface area contributed by atoms with E-state index in [9.17, 15) is 0 Å². The van der Waals surface area contributed by atoms with Gasteiger partial charge in [0.25, 0.3) is 0 Å². The van der Waals surface area contributed by atoms with Gasteiger partial charge in [-0.15, -0.1) is 0 Å². The van der Waals surface area contributed by atoms with Gasteiger partial charge in [0.2, 0.25) is 5.89 Å². The number of aryl methyl sites for hydroxylation is 1. The minimum Gasteiger partial charge on any atom is -0.444 e. The Labute approximate surface area is 134 Å². The summed E-state index contributed by atoms with van der Waals surface area (Å²) in [5.41, 5.74) is 3.57. The number of nitrogens with zero attached hydrogens (tertiary/aromatic N) is 3. The van der Waals surface area contributed by atoms with Gasteiger partial charge in [-0.3, -0.25) is 0 Å². The summed E-state index contributed by atoms with van der Waals surface area (Å²) in [6.45, 7) is 2.68. The number of rotatable bonds is 5. The Morgan fingerprint density at radius 3 is 2.83 bits per heavy atom. The third kappa shape index (κ3) is 3.55. The van der Waals surface area contributed by atoms with E-state index in [1.807, 2.05) is 31.2 Å². The van der Waals surface area contributed by atoms with Gasteiger partial charge in [-0.05, 0) is 31.2 Å². The monoisotopic (exact) mass is 304 g/mol. The second-order valence-corrected chi connectivity index (χ2v) is 5.20. The van der Waals surface area contributed by atoms with Gasteiger partial charge in [0, 0.05) is 24.7 Å². The van der Waals surface area contributed by atoms with Crippen LogP contribution in [-0.4, -0.2) is 16.5 Å². The van der Waals surface area contributed by atoms with Crippen molar-refractivity contribution >= 4 is 5.82 Å². The number of benzene rings is 1. The summed E-state index contributed by atoms with van der Waals surface area (Å²) in [5.74, 6) is 1.22. The molecule has 3 rings (SSSR count). The molecule has 5 nitrogen and oxygen atoms in total. The van der Waals surface area contributed by atoms with Crippen molar-refractivity contribution < 1.29 is 4.42 Å². The summed E-state index contributed by atoms with van der Waals surface area (Å²) in [6, 6.07) is 13.7. The molecular weight excluding hydrogens is 288 g/mol. The first-order chi connectivity index (χ1) is 11.3. The van der Waals surface area contributed by atoms with E-state index in [4.69, 9.17) is 9.68 Å². The molecule has 23 heavy (non-hydrogen) atoms. The SMILES string of the molecule is Cc1ccc(-c2nc(CCNc3ncccc3C#N)co2)cc1. The number of nitriles is 1. The fourth-order valence-corrected chi connectivity index (χ4v) is 2.20. The minimum atomic E-state index is 0.535. The number of anilines is 1. The molecule has 0 radical (unpaired) electrons. The molecule has 0 spiro atoms. The van der Waals surface area contributed by atoms with Crippen LogP contribution in [0.25, 0.3) is 11.5 Å². The lowest BCUT2D eigenvalue weighted by Gasteiger charge is -2.04. The number of oxazole rings is 1. The Morgan fingerprint density at radius 2 is 2.04 bits per heavy atom. The maximum absolute atomic E-state index is 9.03. The normalized spacial score (nSPS) is 10.3. The Hall–Kier alpha value is -3.13. The van der Waals surface area contributed by atoms with E-state index in [0.29, 0.717) is 30.2 Å². The maximum Gasteiger partial charge on any atom is 0.226 e. The lowest BCUT2D eigenvalue weighted by atomic mass is 10.1. The third-order valence-electron chi connectivity index (χ3n) is 3.45. The maximum atomic E-state index is 9.03. The highest BCUT2D eigenvalue weighted by molar-refractivity contribution is 5.54. The number of hydrogen-bond acceptors (Lipinski definition) is 5. The van der Waals surface area contributed by atoms with E-state index in [-0.39, 0.29) is 0 Å². The zero-order chi connectivity index (χ0) is 16.1. The fourth-order valence-electron chi connectivity index (χ4n) is 2.20. The molecule has 0 bridgehead atoms. The van der Waals surface area contributed by atoms with Crippen LogP contribution in [0.2, 0.25) is 0 Å². The van der Waals surface area contributed by atoms with E-state index in [0.717, 1.165) is 11.3 Å². The van der Waals surface area contributed by atoms with Crippen LogP contribution in [0.1, 0.15) is 16.8 Å². The number of hydrogen-bond donors (Lipinski definition) is 1. The highest BCUT2D eigenvalue weighted by Gasteiger charge is 2.07. The molecule has 2 aromatic heterocycles. The van der Waals surface area contributed by atoms with Crippen LogP contribution >= 0.6 is 0 Å². The van der Waals surface area contributed by atoms with Crippen LogP contribution in [0.3, 0.4) is 0 Å². The van der Waals surface area contributed by atoms with Gasteiger partial charge in [0.05, 0.1) is 11.3 Å². The first kappa shape index (κ1) is 14.8. The molecule has 0 aliphatic heterocycles. The Bertz CT molecular complexity index is 831. The topological polar surface area (TPSA) is 74.7 Å². The Kier molecular flexibility index (Phi) is 4.34. The summed E-state index contributed by atoms with van der Waals surface area (Å²) in [6.07, 6.45) is 4.02. The molecule has 0 atom stereocenters. The molecule has 0 fully saturated rings. The Balaban J connectivity index is 1.61. The molecule has 5 heteroatoms. The van der Waals surface area contributed by atoms with Crippen molar-refractivity contribution in [2.45, 2.75) is 13.3 Å². The molecule has 0 saturated heterocycles. The van der Waals surface area contributed by atoms with Crippen LogP contribution in [0, 0.1) is 18.3 Å². The summed E-state index contributed by atoms with van der Waals surface area (Å²) in [5, 5.41) is 12.2. The quantitative estimate of drug-likeness (QED) is 0.780. The van der Waals surface area contributed by atoms with Gasteiger partial charge >= 0.3 is 0 Å². The van der Waals surface area contributed by atoms with Crippen LogP contribution in [0.5, 0.6) is 0 Å². The minimum absolute atomic E-state index is 0.535. The number of aromatic nitrogens is 2. The molecular formula is C18H16N4O. The van der Waals surface area contributed by atoms with Crippen molar-refractivity contribution in [2.75, 3.05) is 11.9 Å². The summed E-state index contributed by atoms with van der Waals surface area (Å²) >= 11 is 0. The zero-order valence-electron chi connectivity index (χ0n) is 12.8. The van der Waals surface area contributed by atoms with Crippen molar-refractivity contribution in [3.05, 3.63) is 65.7 Å². The van der Waals surface area contributed by atoms with E-state index >= 15 is 0 Å². The lowest BCUT2D eigenvalue weighted by molar-refractivity contribution is 0.572. The Morgan fingerprint density at radius 1 is 1.22 bits per heavy atom. The molecule has 0 amide bonds. The lowest BCUT2D eigenvalue weighted by Crippen LogP contribution is -2.07. The van der Waals surface area contributed by atoms with Crippen LogP contribution in [0.15, 0.2) is 53.3 Å². The smallest absolute Gasteiger partial charge is 0.226 e. The van der Waals surface area contributed by atoms with Crippen molar-refractivity contribution in [3.8, 4) is 17.5 Å². The van der Waals surface area contributed by atoms with Crippen LogP contribution in [-0.2, 0) is 6.42 Å². The van der Waals surface area contributed by atoms with Gasteiger partial charge in [0.15, 0.2) is 0 Å². The van der Waals surface area contributed by atoms with Crippen molar-refractivity contribution in [1.29, 1.82) is 5.26 Å². The average Bonchev–Trinajstić information content (AvgIpc) is 3.05. The second-order valence-electron chi connectivity index (χ2n) is 5.20. The van der Waals surface area contributed by atoms with Gasteiger partial charge in [0.1, 0.15) is 18.2 Å². The molecule has 114 valence electrons. The first-order valence-electron chi connectivity index (χ1n) is 7.36. The standard InChI is InChI=1S/C18H16N4O/c1-13-4-6-14(7-5-13)18-22-16(12-23-18)8-10-21-17-15(11-19)3-2-9-20-17/h2-7,9,12H,8,10H2,1H3,(H,20,21). The van der Waals surface area contributed by atoms with E-state index in [2.05, 4.69) is 21.4 Å². The first-order valence-corrected chi connectivity index (χ1v) is 7.36. The van der Waals surface area contributed by atoms with Gasteiger partial charge in [-0.2, -0.15) is 5.26 Å². The third-order valence-corrected chi connectivity index (χ3v) is 3.45. The van der Waals surface area contributed by atoms with Crippen LogP contribution < -0.4 is 5.32 Å². The van der Waals surface area contributed by atoms with E-state index < -0.39 is 0 Å². The molecule has 3 aromatic rings. The number of pyridine rings is 1. The predicted octanol–water partition coefficient (Wildman–Crippen LogP) is 3.57. The highest BCUT2D eigenvalue weighted by Crippen LogP contribution is 2.19. The zero-order valence-corrected chi connectivity index (χ0v) is 12.8. The van der Waals surface area contributed by atoms with Crippen molar-refractivity contribution in [1.82, 2.24) is 9.97 Å². The van der Waals surface area contributed by atoms with Gasteiger partial charge in [-0.1, -0.05) is 17.7 Å². The van der Waals surface area contributed by atoms with Gasteiger partial charge in [-0.25, -0.2) is 9.97 Å². The fraction of sp³-hybridized carbons (Fsp3) is 0.167. The molecule has 1 aromatic carbocycles.